The molecule has 1 saturated heterocycles. The van der Waals surface area contributed by atoms with E-state index in [1.54, 1.807) is 16.8 Å². The zero-order valence-electron chi connectivity index (χ0n) is 11.6. The van der Waals surface area contributed by atoms with Crippen LogP contribution in [0.5, 0.6) is 0 Å². The molecule has 0 bridgehead atoms. The number of amides is 2. The van der Waals surface area contributed by atoms with Gasteiger partial charge in [-0.3, -0.25) is 9.59 Å². The number of piperazine rings is 1. The van der Waals surface area contributed by atoms with Crippen molar-refractivity contribution in [3.63, 3.8) is 0 Å². The van der Waals surface area contributed by atoms with Gasteiger partial charge in [0.05, 0.1) is 6.54 Å². The molecular weight excluding hydrogens is 254 g/mol. The summed E-state index contributed by atoms with van der Waals surface area (Å²) in [5.41, 5.74) is 2.29. The lowest BCUT2D eigenvalue weighted by Crippen LogP contribution is -2.54. The van der Waals surface area contributed by atoms with Gasteiger partial charge in [-0.2, -0.15) is 0 Å². The van der Waals surface area contributed by atoms with Crippen molar-refractivity contribution in [1.82, 2.24) is 9.80 Å². The molecule has 2 aliphatic heterocycles. The average Bonchev–Trinajstić information content (AvgIpc) is 2.49. The van der Waals surface area contributed by atoms with E-state index in [4.69, 9.17) is 0 Å². The van der Waals surface area contributed by atoms with Gasteiger partial charge < -0.3 is 15.1 Å². The maximum absolute atomic E-state index is 12.5. The molecule has 0 spiro atoms. The highest BCUT2D eigenvalue weighted by Gasteiger charge is 2.31. The summed E-state index contributed by atoms with van der Waals surface area (Å²) in [5.74, 6) is 0.0572. The van der Waals surface area contributed by atoms with Crippen molar-refractivity contribution in [3.8, 4) is 0 Å². The number of fused-ring (bicyclic) bond motifs is 1. The van der Waals surface area contributed by atoms with Gasteiger partial charge in [0, 0.05) is 25.8 Å². The number of aryl methyl sites for hydroxylation is 1. The molecule has 2 amide bonds. The number of hydrogen-bond acceptors (Lipinski definition) is 3. The van der Waals surface area contributed by atoms with Crippen LogP contribution in [0.25, 0.3) is 0 Å². The number of hydrogen-bond donors (Lipinski definition) is 1. The summed E-state index contributed by atoms with van der Waals surface area (Å²) in [7, 11) is 1.78. The molecule has 1 fully saturated rings. The van der Waals surface area contributed by atoms with Crippen molar-refractivity contribution in [2.24, 2.45) is 0 Å². The van der Waals surface area contributed by atoms with Crippen LogP contribution in [-0.2, 0) is 16.0 Å². The molecule has 2 aliphatic rings. The zero-order chi connectivity index (χ0) is 14.1. The second kappa shape index (κ2) is 5.15. The monoisotopic (exact) mass is 273 g/mol. The lowest BCUT2D eigenvalue weighted by molar-refractivity contribution is -0.144. The molecule has 3 rings (SSSR count). The predicted molar refractivity (Wildman–Crippen MR) is 76.4 cm³/mol. The van der Waals surface area contributed by atoms with Gasteiger partial charge in [0.15, 0.2) is 0 Å². The first-order valence-electron chi connectivity index (χ1n) is 7.02. The molecule has 0 saturated carbocycles. The standard InChI is InChI=1S/C15H19N3O2/c1-17-8-9-18(10-14(17)19)15(20)13-7-6-11-4-2-3-5-12(11)16-13/h2-5,13,16H,6-10H2,1H3. The van der Waals surface area contributed by atoms with Gasteiger partial charge in [-0.1, -0.05) is 18.2 Å². The molecule has 1 aromatic carbocycles. The highest BCUT2D eigenvalue weighted by molar-refractivity contribution is 5.90. The Morgan fingerprint density at radius 1 is 1.30 bits per heavy atom. The second-order valence-corrected chi connectivity index (χ2v) is 5.47. The zero-order valence-corrected chi connectivity index (χ0v) is 11.6. The number of rotatable bonds is 1. The molecule has 1 unspecified atom stereocenters. The van der Waals surface area contributed by atoms with Gasteiger partial charge in [-0.25, -0.2) is 0 Å². The van der Waals surface area contributed by atoms with Gasteiger partial charge in [-0.15, -0.1) is 0 Å². The molecule has 1 N–H and O–H groups in total. The summed E-state index contributed by atoms with van der Waals surface area (Å²) in [6, 6.07) is 7.87. The Morgan fingerprint density at radius 3 is 2.90 bits per heavy atom. The predicted octanol–water partition coefficient (Wildman–Crippen LogP) is 0.714. The van der Waals surface area contributed by atoms with Gasteiger partial charge >= 0.3 is 0 Å². The molecule has 106 valence electrons. The lowest BCUT2D eigenvalue weighted by Gasteiger charge is -2.35. The third-order valence-corrected chi connectivity index (χ3v) is 4.12. The Kier molecular flexibility index (Phi) is 3.34. The van der Waals surface area contributed by atoms with E-state index in [1.165, 1.54) is 5.56 Å². The van der Waals surface area contributed by atoms with Gasteiger partial charge in [-0.05, 0) is 24.5 Å². The fourth-order valence-corrected chi connectivity index (χ4v) is 2.79. The van der Waals surface area contributed by atoms with Crippen LogP contribution in [0.15, 0.2) is 24.3 Å². The average molecular weight is 273 g/mol. The van der Waals surface area contributed by atoms with E-state index in [9.17, 15) is 9.59 Å². The molecule has 0 aliphatic carbocycles. The van der Waals surface area contributed by atoms with E-state index in [0.29, 0.717) is 13.1 Å². The van der Waals surface area contributed by atoms with E-state index >= 15 is 0 Å². The van der Waals surface area contributed by atoms with Crippen molar-refractivity contribution in [3.05, 3.63) is 29.8 Å². The quantitative estimate of drug-likeness (QED) is 0.820. The summed E-state index contributed by atoms with van der Waals surface area (Å²) < 4.78 is 0. The van der Waals surface area contributed by atoms with Crippen LogP contribution in [0.1, 0.15) is 12.0 Å². The molecule has 1 aromatic rings. The summed E-state index contributed by atoms with van der Waals surface area (Å²) in [5, 5.41) is 3.30. The Hall–Kier alpha value is -2.04. The van der Waals surface area contributed by atoms with Gasteiger partial charge in [0.1, 0.15) is 6.04 Å². The third kappa shape index (κ3) is 2.35. The van der Waals surface area contributed by atoms with Crippen molar-refractivity contribution >= 4 is 17.5 Å². The minimum Gasteiger partial charge on any atom is -0.373 e. The van der Waals surface area contributed by atoms with Crippen LogP contribution in [0.4, 0.5) is 5.69 Å². The van der Waals surface area contributed by atoms with Crippen LogP contribution < -0.4 is 5.32 Å². The van der Waals surface area contributed by atoms with Crippen LogP contribution in [-0.4, -0.2) is 54.3 Å². The molecule has 1 atom stereocenters. The Bertz CT molecular complexity index is 544. The summed E-state index contributed by atoms with van der Waals surface area (Å²) in [4.78, 5) is 27.6. The Morgan fingerprint density at radius 2 is 2.10 bits per heavy atom. The number of carbonyl (C=O) groups excluding carboxylic acids is 2. The molecule has 0 aromatic heterocycles. The van der Waals surface area contributed by atoms with E-state index in [0.717, 1.165) is 18.5 Å². The van der Waals surface area contributed by atoms with Crippen molar-refractivity contribution in [2.45, 2.75) is 18.9 Å². The first-order valence-corrected chi connectivity index (χ1v) is 7.02. The highest BCUT2D eigenvalue weighted by Crippen LogP contribution is 2.25. The number of benzene rings is 1. The molecular formula is C15H19N3O2. The van der Waals surface area contributed by atoms with Crippen LogP contribution >= 0.6 is 0 Å². The fourth-order valence-electron chi connectivity index (χ4n) is 2.79. The summed E-state index contributed by atoms with van der Waals surface area (Å²) >= 11 is 0. The second-order valence-electron chi connectivity index (χ2n) is 5.47. The number of para-hydroxylation sites is 1. The van der Waals surface area contributed by atoms with Gasteiger partial charge in [0.25, 0.3) is 0 Å². The lowest BCUT2D eigenvalue weighted by atomic mass is 9.97. The largest absolute Gasteiger partial charge is 0.373 e. The van der Waals surface area contributed by atoms with Crippen LogP contribution in [0.2, 0.25) is 0 Å². The summed E-state index contributed by atoms with van der Waals surface area (Å²) in [6.45, 7) is 1.45. The topological polar surface area (TPSA) is 52.6 Å². The fraction of sp³-hybridized carbons (Fsp3) is 0.467. The van der Waals surface area contributed by atoms with Crippen LogP contribution in [0, 0.1) is 0 Å². The Balaban J connectivity index is 1.69. The minimum atomic E-state index is -0.207. The Labute approximate surface area is 118 Å². The van der Waals surface area contributed by atoms with E-state index in [1.807, 2.05) is 18.2 Å². The SMILES string of the molecule is CN1CCN(C(=O)C2CCc3ccccc3N2)CC1=O. The van der Waals surface area contributed by atoms with Crippen LogP contribution in [0.3, 0.4) is 0 Å². The van der Waals surface area contributed by atoms with Gasteiger partial charge in [0.2, 0.25) is 11.8 Å². The molecule has 2 heterocycles. The smallest absolute Gasteiger partial charge is 0.245 e. The molecule has 20 heavy (non-hydrogen) atoms. The maximum Gasteiger partial charge on any atom is 0.245 e. The summed E-state index contributed by atoms with van der Waals surface area (Å²) in [6.07, 6.45) is 1.69. The van der Waals surface area contributed by atoms with Crippen molar-refractivity contribution < 1.29 is 9.59 Å². The van der Waals surface area contributed by atoms with Crippen molar-refractivity contribution in [2.75, 3.05) is 32.0 Å². The maximum atomic E-state index is 12.5. The number of likely N-dealkylation sites (N-methyl/N-ethyl adjacent to an activating group) is 1. The minimum absolute atomic E-state index is 0.0146. The first kappa shape index (κ1) is 13.0. The van der Waals surface area contributed by atoms with E-state index in [-0.39, 0.29) is 24.4 Å². The number of carbonyl (C=O) groups is 2. The van der Waals surface area contributed by atoms with Crippen molar-refractivity contribution in [1.29, 1.82) is 0 Å². The normalized spacial score (nSPS) is 22.2. The highest BCUT2D eigenvalue weighted by atomic mass is 16.2. The first-order chi connectivity index (χ1) is 9.65. The molecule has 0 radical (unpaired) electrons. The number of anilines is 1. The molecule has 5 heteroatoms. The number of nitrogens with zero attached hydrogens (tertiary/aromatic N) is 2. The third-order valence-electron chi connectivity index (χ3n) is 4.12. The van der Waals surface area contributed by atoms with E-state index < -0.39 is 0 Å². The van der Waals surface area contributed by atoms with E-state index in [2.05, 4.69) is 11.4 Å². The number of nitrogens with one attached hydrogen (secondary N) is 1. The molecule has 5 nitrogen and oxygen atoms in total.